The SMILES string of the molecule is CC(=O)NC(CC(=O)NC12CC3CC(CC(C3)C1)C2)c1ccccc1. The van der Waals surface area contributed by atoms with Crippen molar-refractivity contribution in [2.45, 2.75) is 63.5 Å². The molecule has 2 N–H and O–H groups in total. The van der Waals surface area contributed by atoms with Crippen LogP contribution in [0.15, 0.2) is 30.3 Å². The Labute approximate surface area is 149 Å². The van der Waals surface area contributed by atoms with E-state index in [1.165, 1.54) is 26.2 Å². The molecule has 0 aliphatic heterocycles. The Bertz CT molecular complexity index is 620. The molecule has 1 atom stereocenters. The predicted molar refractivity (Wildman–Crippen MR) is 96.7 cm³/mol. The molecule has 4 aliphatic carbocycles. The van der Waals surface area contributed by atoms with E-state index in [1.807, 2.05) is 30.3 Å². The first kappa shape index (κ1) is 16.6. The molecular formula is C21H28N2O2. The van der Waals surface area contributed by atoms with Crippen LogP contribution in [0.5, 0.6) is 0 Å². The smallest absolute Gasteiger partial charge is 0.222 e. The summed E-state index contributed by atoms with van der Waals surface area (Å²) in [7, 11) is 0. The van der Waals surface area contributed by atoms with Crippen molar-refractivity contribution in [1.82, 2.24) is 10.6 Å². The summed E-state index contributed by atoms with van der Waals surface area (Å²) in [6, 6.07) is 9.52. The molecule has 0 heterocycles. The second-order valence-corrected chi connectivity index (χ2v) is 8.61. The molecular weight excluding hydrogens is 312 g/mol. The van der Waals surface area contributed by atoms with E-state index in [0.717, 1.165) is 42.6 Å². The molecule has 1 unspecified atom stereocenters. The summed E-state index contributed by atoms with van der Waals surface area (Å²) in [4.78, 5) is 24.4. The third-order valence-electron chi connectivity index (χ3n) is 6.41. The van der Waals surface area contributed by atoms with Crippen LogP contribution in [0.3, 0.4) is 0 Å². The van der Waals surface area contributed by atoms with Gasteiger partial charge in [0.05, 0.1) is 12.5 Å². The summed E-state index contributed by atoms with van der Waals surface area (Å²) in [5.74, 6) is 2.41. The molecule has 1 aromatic carbocycles. The first-order valence-corrected chi connectivity index (χ1v) is 9.64. The fourth-order valence-corrected chi connectivity index (χ4v) is 5.98. The van der Waals surface area contributed by atoms with Crippen LogP contribution in [0.1, 0.15) is 63.5 Å². The normalized spacial score (nSPS) is 33.7. The maximum absolute atomic E-state index is 12.8. The van der Waals surface area contributed by atoms with Gasteiger partial charge >= 0.3 is 0 Å². The maximum Gasteiger partial charge on any atom is 0.222 e. The van der Waals surface area contributed by atoms with Crippen LogP contribution in [0, 0.1) is 17.8 Å². The van der Waals surface area contributed by atoms with Gasteiger partial charge in [-0.05, 0) is 61.8 Å². The molecule has 25 heavy (non-hydrogen) atoms. The standard InChI is InChI=1S/C21H28N2O2/c1-14(24)22-19(18-5-3-2-4-6-18)10-20(25)23-21-11-15-7-16(12-21)9-17(8-15)13-21/h2-6,15-17,19H,7-13H2,1H3,(H,22,24)(H,23,25). The Balaban J connectivity index is 1.44. The van der Waals surface area contributed by atoms with Crippen molar-refractivity contribution < 1.29 is 9.59 Å². The van der Waals surface area contributed by atoms with E-state index >= 15 is 0 Å². The monoisotopic (exact) mass is 340 g/mol. The molecule has 134 valence electrons. The summed E-state index contributed by atoms with van der Waals surface area (Å²) in [6.07, 6.45) is 7.88. The number of rotatable bonds is 5. The van der Waals surface area contributed by atoms with E-state index < -0.39 is 0 Å². The lowest BCUT2D eigenvalue weighted by Gasteiger charge is -2.57. The highest BCUT2D eigenvalue weighted by Gasteiger charge is 2.51. The third-order valence-corrected chi connectivity index (χ3v) is 6.41. The number of hydrogen-bond donors (Lipinski definition) is 2. The molecule has 4 saturated carbocycles. The molecule has 0 saturated heterocycles. The lowest BCUT2D eigenvalue weighted by Crippen LogP contribution is -2.60. The quantitative estimate of drug-likeness (QED) is 0.864. The van der Waals surface area contributed by atoms with Gasteiger partial charge in [0.1, 0.15) is 0 Å². The fourth-order valence-electron chi connectivity index (χ4n) is 5.98. The number of carbonyl (C=O) groups excluding carboxylic acids is 2. The molecule has 4 heteroatoms. The largest absolute Gasteiger partial charge is 0.351 e. The summed E-state index contributed by atoms with van der Waals surface area (Å²) in [5.41, 5.74) is 1.02. The van der Waals surface area contributed by atoms with Crippen molar-refractivity contribution in [3.63, 3.8) is 0 Å². The lowest BCUT2D eigenvalue weighted by atomic mass is 9.53. The van der Waals surface area contributed by atoms with Gasteiger partial charge in [-0.3, -0.25) is 9.59 Å². The minimum Gasteiger partial charge on any atom is -0.351 e. The summed E-state index contributed by atoms with van der Waals surface area (Å²) in [6.45, 7) is 1.51. The van der Waals surface area contributed by atoms with E-state index in [0.29, 0.717) is 6.42 Å². The van der Waals surface area contributed by atoms with Crippen molar-refractivity contribution in [3.05, 3.63) is 35.9 Å². The Hall–Kier alpha value is -1.84. The second-order valence-electron chi connectivity index (χ2n) is 8.61. The Morgan fingerprint density at radius 1 is 1.04 bits per heavy atom. The lowest BCUT2D eigenvalue weighted by molar-refractivity contribution is -0.127. The van der Waals surface area contributed by atoms with E-state index in [9.17, 15) is 9.59 Å². The summed E-state index contributed by atoms with van der Waals surface area (Å²) >= 11 is 0. The number of amides is 2. The fraction of sp³-hybridized carbons (Fsp3) is 0.619. The zero-order chi connectivity index (χ0) is 17.4. The molecule has 0 spiro atoms. The van der Waals surface area contributed by atoms with Gasteiger partial charge in [-0.1, -0.05) is 30.3 Å². The molecule has 4 nitrogen and oxygen atoms in total. The molecule has 4 bridgehead atoms. The Kier molecular flexibility index (Phi) is 4.30. The molecule has 5 rings (SSSR count). The highest BCUT2D eigenvalue weighted by Crippen LogP contribution is 2.55. The molecule has 2 amide bonds. The van der Waals surface area contributed by atoms with Crippen LogP contribution < -0.4 is 10.6 Å². The average Bonchev–Trinajstić information content (AvgIpc) is 2.52. The van der Waals surface area contributed by atoms with Gasteiger partial charge in [0.25, 0.3) is 0 Å². The highest BCUT2D eigenvalue weighted by atomic mass is 16.2. The molecule has 1 aromatic rings. The molecule has 4 fully saturated rings. The van der Waals surface area contributed by atoms with Crippen LogP contribution in [0.25, 0.3) is 0 Å². The van der Waals surface area contributed by atoms with Crippen molar-refractivity contribution >= 4 is 11.8 Å². The first-order valence-electron chi connectivity index (χ1n) is 9.64. The van der Waals surface area contributed by atoms with Gasteiger partial charge in [0.15, 0.2) is 0 Å². The number of carbonyl (C=O) groups is 2. The van der Waals surface area contributed by atoms with Crippen LogP contribution in [-0.4, -0.2) is 17.4 Å². The van der Waals surface area contributed by atoms with Crippen LogP contribution in [0.2, 0.25) is 0 Å². The van der Waals surface area contributed by atoms with Gasteiger partial charge in [-0.25, -0.2) is 0 Å². The van der Waals surface area contributed by atoms with Crippen molar-refractivity contribution in [2.75, 3.05) is 0 Å². The highest BCUT2D eigenvalue weighted by molar-refractivity contribution is 5.79. The van der Waals surface area contributed by atoms with Gasteiger partial charge in [-0.15, -0.1) is 0 Å². The molecule has 0 radical (unpaired) electrons. The van der Waals surface area contributed by atoms with Crippen LogP contribution in [-0.2, 0) is 9.59 Å². The predicted octanol–water partition coefficient (Wildman–Crippen LogP) is 3.34. The van der Waals surface area contributed by atoms with Gasteiger partial charge in [0, 0.05) is 12.5 Å². The molecule has 4 aliphatic rings. The van der Waals surface area contributed by atoms with Crippen LogP contribution >= 0.6 is 0 Å². The Morgan fingerprint density at radius 3 is 2.12 bits per heavy atom. The minimum absolute atomic E-state index is 0.0310. The van der Waals surface area contributed by atoms with Crippen LogP contribution in [0.4, 0.5) is 0 Å². The van der Waals surface area contributed by atoms with E-state index in [4.69, 9.17) is 0 Å². The summed E-state index contributed by atoms with van der Waals surface area (Å²) < 4.78 is 0. The Morgan fingerprint density at radius 2 is 1.60 bits per heavy atom. The second kappa shape index (κ2) is 6.47. The van der Waals surface area contributed by atoms with E-state index in [-0.39, 0.29) is 23.4 Å². The topological polar surface area (TPSA) is 58.2 Å². The number of hydrogen-bond acceptors (Lipinski definition) is 2. The van der Waals surface area contributed by atoms with E-state index in [1.54, 1.807) is 0 Å². The van der Waals surface area contributed by atoms with E-state index in [2.05, 4.69) is 10.6 Å². The zero-order valence-electron chi connectivity index (χ0n) is 15.0. The average molecular weight is 340 g/mol. The van der Waals surface area contributed by atoms with Crippen molar-refractivity contribution in [1.29, 1.82) is 0 Å². The van der Waals surface area contributed by atoms with Gasteiger partial charge in [-0.2, -0.15) is 0 Å². The van der Waals surface area contributed by atoms with Crippen molar-refractivity contribution in [3.8, 4) is 0 Å². The maximum atomic E-state index is 12.8. The number of benzene rings is 1. The van der Waals surface area contributed by atoms with Gasteiger partial charge in [0.2, 0.25) is 11.8 Å². The summed E-state index contributed by atoms with van der Waals surface area (Å²) in [5, 5.41) is 6.34. The van der Waals surface area contributed by atoms with Crippen molar-refractivity contribution in [2.24, 2.45) is 17.8 Å². The van der Waals surface area contributed by atoms with Gasteiger partial charge < -0.3 is 10.6 Å². The number of nitrogens with one attached hydrogen (secondary N) is 2. The first-order chi connectivity index (χ1) is 12.0. The minimum atomic E-state index is -0.257. The third kappa shape index (κ3) is 3.58. The zero-order valence-corrected chi connectivity index (χ0v) is 15.0. The molecule has 0 aromatic heterocycles.